The Balaban J connectivity index is 5.02. The quantitative estimate of drug-likeness (QED) is 0.383. The molecule has 0 aromatic rings. The SMILES string of the molecule is CO[C@]([C]=O)(NC(C)=O)[C@@H](O)[C@H](O)[C@@H](C)O. The van der Waals surface area contributed by atoms with Gasteiger partial charge in [0.05, 0.1) is 6.10 Å². The lowest BCUT2D eigenvalue weighted by Crippen LogP contribution is -2.64. The Labute approximate surface area is 93.0 Å². The summed E-state index contributed by atoms with van der Waals surface area (Å²) in [6.45, 7) is 2.32. The first kappa shape index (κ1) is 15.0. The van der Waals surface area contributed by atoms with Crippen molar-refractivity contribution >= 4 is 12.2 Å². The fourth-order valence-corrected chi connectivity index (χ4v) is 1.14. The number of hydrogen-bond donors (Lipinski definition) is 4. The van der Waals surface area contributed by atoms with Crippen LogP contribution in [0.15, 0.2) is 0 Å². The average molecular weight is 234 g/mol. The number of amides is 1. The summed E-state index contributed by atoms with van der Waals surface area (Å²) in [4.78, 5) is 21.6. The molecule has 4 N–H and O–H groups in total. The van der Waals surface area contributed by atoms with E-state index in [9.17, 15) is 19.8 Å². The molecule has 1 radical (unpaired) electrons. The molecule has 1 amide bonds. The average Bonchev–Trinajstić information content (AvgIpc) is 2.23. The molecule has 0 fully saturated rings. The second kappa shape index (κ2) is 5.90. The Bertz CT molecular complexity index is 256. The summed E-state index contributed by atoms with van der Waals surface area (Å²) in [5.41, 5.74) is -2.19. The number of carbonyl (C=O) groups is 1. The van der Waals surface area contributed by atoms with Crippen LogP contribution in [0.4, 0.5) is 0 Å². The Morgan fingerprint density at radius 1 is 1.44 bits per heavy atom. The van der Waals surface area contributed by atoms with Crippen LogP contribution >= 0.6 is 0 Å². The molecule has 0 rings (SSSR count). The van der Waals surface area contributed by atoms with Crippen molar-refractivity contribution in [3.05, 3.63) is 0 Å². The standard InChI is InChI=1S/C9H16NO6/c1-5(12)7(14)8(15)9(4-11,16-3)10-6(2)13/h5,7-8,12,14-15H,1-3H3,(H,10,13)/t5-,7-,8+,9+/m1/s1. The van der Waals surface area contributed by atoms with Crippen LogP contribution in [0, 0.1) is 0 Å². The number of hydrogen-bond acceptors (Lipinski definition) is 6. The molecular formula is C9H16NO6. The van der Waals surface area contributed by atoms with E-state index in [4.69, 9.17) is 5.11 Å². The molecule has 0 saturated carbocycles. The van der Waals surface area contributed by atoms with E-state index >= 15 is 0 Å². The highest BCUT2D eigenvalue weighted by atomic mass is 16.5. The molecule has 0 saturated heterocycles. The predicted octanol–water partition coefficient (Wildman–Crippen LogP) is -2.32. The molecular weight excluding hydrogens is 218 g/mol. The van der Waals surface area contributed by atoms with Crippen LogP contribution in [0.5, 0.6) is 0 Å². The van der Waals surface area contributed by atoms with Gasteiger partial charge in [0, 0.05) is 14.0 Å². The number of ether oxygens (including phenoxy) is 1. The van der Waals surface area contributed by atoms with Gasteiger partial charge in [0.15, 0.2) is 0 Å². The van der Waals surface area contributed by atoms with Gasteiger partial charge >= 0.3 is 0 Å². The lowest BCUT2D eigenvalue weighted by Gasteiger charge is -2.34. The van der Waals surface area contributed by atoms with E-state index in [1.807, 2.05) is 5.32 Å². The highest BCUT2D eigenvalue weighted by molar-refractivity contribution is 5.79. The second-order valence-electron chi connectivity index (χ2n) is 3.40. The molecule has 16 heavy (non-hydrogen) atoms. The van der Waals surface area contributed by atoms with Gasteiger partial charge in [-0.05, 0) is 6.92 Å². The summed E-state index contributed by atoms with van der Waals surface area (Å²) in [5.74, 6) is -0.651. The van der Waals surface area contributed by atoms with Gasteiger partial charge in [-0.15, -0.1) is 0 Å². The summed E-state index contributed by atoms with van der Waals surface area (Å²) < 4.78 is 4.65. The Kier molecular flexibility index (Phi) is 5.52. The molecule has 0 bridgehead atoms. The lowest BCUT2D eigenvalue weighted by molar-refractivity contribution is -0.156. The molecule has 93 valence electrons. The fraction of sp³-hybridized carbons (Fsp3) is 0.778. The third kappa shape index (κ3) is 3.24. The minimum absolute atomic E-state index is 0.651. The molecule has 0 aliphatic heterocycles. The Hall–Kier alpha value is -1.02. The van der Waals surface area contributed by atoms with Crippen molar-refractivity contribution in [3.8, 4) is 0 Å². The van der Waals surface area contributed by atoms with Gasteiger partial charge < -0.3 is 25.4 Å². The molecule has 0 aliphatic rings. The van der Waals surface area contributed by atoms with Crippen LogP contribution in [0.1, 0.15) is 13.8 Å². The van der Waals surface area contributed by atoms with Crippen LogP contribution in [-0.4, -0.2) is 58.7 Å². The largest absolute Gasteiger partial charge is 0.391 e. The summed E-state index contributed by atoms with van der Waals surface area (Å²) >= 11 is 0. The molecule has 0 aromatic carbocycles. The third-order valence-corrected chi connectivity index (χ3v) is 2.07. The van der Waals surface area contributed by atoms with Gasteiger partial charge in [-0.1, -0.05) is 0 Å². The monoisotopic (exact) mass is 234 g/mol. The van der Waals surface area contributed by atoms with Crippen molar-refractivity contribution < 1.29 is 29.6 Å². The smallest absolute Gasteiger partial charge is 0.258 e. The molecule has 0 aromatic heterocycles. The number of rotatable bonds is 6. The molecule has 0 spiro atoms. The topological polar surface area (TPSA) is 116 Å². The number of nitrogens with one attached hydrogen (secondary N) is 1. The molecule has 4 atom stereocenters. The van der Waals surface area contributed by atoms with E-state index in [2.05, 4.69) is 4.74 Å². The molecule has 0 heterocycles. The van der Waals surface area contributed by atoms with E-state index < -0.39 is 29.9 Å². The maximum absolute atomic E-state index is 10.8. The van der Waals surface area contributed by atoms with Crippen molar-refractivity contribution in [2.75, 3.05) is 7.11 Å². The normalized spacial score (nSPS) is 20.4. The summed E-state index contributed by atoms with van der Waals surface area (Å²) in [7, 11) is 1.05. The predicted molar refractivity (Wildman–Crippen MR) is 52.9 cm³/mol. The molecule has 0 unspecified atom stereocenters. The lowest BCUT2D eigenvalue weighted by atomic mass is 9.99. The van der Waals surface area contributed by atoms with Gasteiger partial charge in [-0.3, -0.25) is 9.59 Å². The first-order valence-corrected chi connectivity index (χ1v) is 4.58. The summed E-state index contributed by atoms with van der Waals surface area (Å²) in [5, 5.41) is 30.1. The van der Waals surface area contributed by atoms with Crippen LogP contribution in [0.25, 0.3) is 0 Å². The van der Waals surface area contributed by atoms with Crippen molar-refractivity contribution in [2.45, 2.75) is 37.9 Å². The van der Waals surface area contributed by atoms with E-state index in [1.54, 1.807) is 0 Å². The molecule has 7 nitrogen and oxygen atoms in total. The van der Waals surface area contributed by atoms with Crippen molar-refractivity contribution in [1.82, 2.24) is 5.32 Å². The van der Waals surface area contributed by atoms with Crippen molar-refractivity contribution in [3.63, 3.8) is 0 Å². The zero-order valence-electron chi connectivity index (χ0n) is 9.30. The number of carbonyl (C=O) groups excluding carboxylic acids is 2. The highest BCUT2D eigenvalue weighted by Gasteiger charge is 2.45. The number of aliphatic hydroxyl groups excluding tert-OH is 3. The van der Waals surface area contributed by atoms with Gasteiger partial charge in [-0.2, -0.15) is 0 Å². The van der Waals surface area contributed by atoms with Crippen molar-refractivity contribution in [1.29, 1.82) is 0 Å². The van der Waals surface area contributed by atoms with Crippen molar-refractivity contribution in [2.24, 2.45) is 0 Å². The first-order chi connectivity index (χ1) is 7.30. The molecule has 7 heteroatoms. The van der Waals surface area contributed by atoms with E-state index in [-0.39, 0.29) is 0 Å². The van der Waals surface area contributed by atoms with Gasteiger partial charge in [0.2, 0.25) is 11.6 Å². The van der Waals surface area contributed by atoms with Crippen LogP contribution in [0.3, 0.4) is 0 Å². The summed E-state index contributed by atoms with van der Waals surface area (Å²) in [6.07, 6.45) is -3.49. The zero-order valence-corrected chi connectivity index (χ0v) is 9.30. The zero-order chi connectivity index (χ0) is 12.9. The van der Waals surface area contributed by atoms with E-state index in [0.29, 0.717) is 0 Å². The second-order valence-corrected chi connectivity index (χ2v) is 3.40. The van der Waals surface area contributed by atoms with Gasteiger partial charge in [0.1, 0.15) is 12.2 Å². The number of aliphatic hydroxyl groups is 3. The maximum atomic E-state index is 10.8. The van der Waals surface area contributed by atoms with Gasteiger partial charge in [0.25, 0.3) is 6.29 Å². The van der Waals surface area contributed by atoms with E-state index in [0.717, 1.165) is 14.0 Å². The fourth-order valence-electron chi connectivity index (χ4n) is 1.14. The van der Waals surface area contributed by atoms with E-state index in [1.165, 1.54) is 13.2 Å². The highest BCUT2D eigenvalue weighted by Crippen LogP contribution is 2.15. The van der Waals surface area contributed by atoms with Crippen LogP contribution in [-0.2, 0) is 14.3 Å². The minimum Gasteiger partial charge on any atom is -0.391 e. The first-order valence-electron chi connectivity index (χ1n) is 4.58. The molecule has 0 aliphatic carbocycles. The van der Waals surface area contributed by atoms with Crippen LogP contribution < -0.4 is 5.32 Å². The minimum atomic E-state index is -2.19. The third-order valence-electron chi connectivity index (χ3n) is 2.07. The summed E-state index contributed by atoms with van der Waals surface area (Å²) in [6, 6.07) is 0. The maximum Gasteiger partial charge on any atom is 0.258 e. The Morgan fingerprint density at radius 3 is 2.19 bits per heavy atom. The Morgan fingerprint density at radius 2 is 1.94 bits per heavy atom. The van der Waals surface area contributed by atoms with Crippen LogP contribution in [0.2, 0.25) is 0 Å². The number of methoxy groups -OCH3 is 1. The van der Waals surface area contributed by atoms with Gasteiger partial charge in [-0.25, -0.2) is 0 Å².